The Bertz CT molecular complexity index is 359. The van der Waals surface area contributed by atoms with Crippen LogP contribution in [-0.2, 0) is 14.3 Å². The number of carbonyl (C=O) groups excluding carboxylic acids is 1. The number of benzene rings is 1. The van der Waals surface area contributed by atoms with Crippen molar-refractivity contribution in [1.82, 2.24) is 0 Å². The van der Waals surface area contributed by atoms with Crippen LogP contribution in [0, 0.1) is 5.82 Å². The molecular formula is C12H13FO3. The van der Waals surface area contributed by atoms with Crippen molar-refractivity contribution in [2.24, 2.45) is 0 Å². The highest BCUT2D eigenvalue weighted by Gasteiger charge is 2.21. The van der Waals surface area contributed by atoms with Crippen molar-refractivity contribution in [2.75, 3.05) is 13.7 Å². The van der Waals surface area contributed by atoms with Crippen LogP contribution in [0.25, 0.3) is 0 Å². The number of hydrogen-bond donors (Lipinski definition) is 0. The van der Waals surface area contributed by atoms with Gasteiger partial charge in [-0.15, -0.1) is 6.58 Å². The van der Waals surface area contributed by atoms with Crippen molar-refractivity contribution >= 4 is 5.97 Å². The average Bonchev–Trinajstić information content (AvgIpc) is 2.31. The van der Waals surface area contributed by atoms with E-state index in [1.807, 2.05) is 0 Å². The highest BCUT2D eigenvalue weighted by molar-refractivity contribution is 5.76. The highest BCUT2D eigenvalue weighted by Crippen LogP contribution is 2.19. The molecule has 0 N–H and O–H groups in total. The summed E-state index contributed by atoms with van der Waals surface area (Å²) >= 11 is 0. The molecule has 0 aliphatic carbocycles. The van der Waals surface area contributed by atoms with Crippen molar-refractivity contribution in [3.8, 4) is 0 Å². The van der Waals surface area contributed by atoms with Gasteiger partial charge in [0.15, 0.2) is 6.10 Å². The average molecular weight is 224 g/mol. The van der Waals surface area contributed by atoms with E-state index in [-0.39, 0.29) is 12.4 Å². The smallest absolute Gasteiger partial charge is 0.339 e. The van der Waals surface area contributed by atoms with E-state index in [9.17, 15) is 9.18 Å². The third kappa shape index (κ3) is 3.17. The summed E-state index contributed by atoms with van der Waals surface area (Å²) in [5, 5.41) is 0. The van der Waals surface area contributed by atoms with Gasteiger partial charge in [0, 0.05) is 0 Å². The van der Waals surface area contributed by atoms with Crippen LogP contribution >= 0.6 is 0 Å². The normalized spacial score (nSPS) is 11.9. The second-order valence-electron chi connectivity index (χ2n) is 3.08. The number of ether oxygens (including phenoxy) is 2. The first-order valence-corrected chi connectivity index (χ1v) is 4.75. The third-order valence-electron chi connectivity index (χ3n) is 1.97. The van der Waals surface area contributed by atoms with Crippen LogP contribution in [-0.4, -0.2) is 19.7 Å². The Kier molecular flexibility index (Phi) is 4.66. The molecule has 1 atom stereocenters. The Morgan fingerprint density at radius 2 is 2.12 bits per heavy atom. The fraction of sp³-hybridized carbons (Fsp3) is 0.250. The van der Waals surface area contributed by atoms with Gasteiger partial charge in [0.1, 0.15) is 5.82 Å². The molecule has 0 amide bonds. The number of halogens is 1. The Hall–Kier alpha value is -1.68. The van der Waals surface area contributed by atoms with Gasteiger partial charge in [-0.3, -0.25) is 0 Å². The molecule has 1 aromatic rings. The van der Waals surface area contributed by atoms with E-state index in [1.54, 1.807) is 0 Å². The maximum Gasteiger partial charge on any atom is 0.339 e. The lowest BCUT2D eigenvalue weighted by atomic mass is 10.1. The minimum atomic E-state index is -0.844. The predicted molar refractivity (Wildman–Crippen MR) is 57.3 cm³/mol. The summed E-state index contributed by atoms with van der Waals surface area (Å²) < 4.78 is 22.6. The van der Waals surface area contributed by atoms with Gasteiger partial charge in [-0.25, -0.2) is 9.18 Å². The minimum Gasteiger partial charge on any atom is -0.467 e. The van der Waals surface area contributed by atoms with E-state index in [0.29, 0.717) is 5.56 Å². The molecule has 4 heteroatoms. The lowest BCUT2D eigenvalue weighted by Gasteiger charge is -2.14. The van der Waals surface area contributed by atoms with Crippen molar-refractivity contribution in [1.29, 1.82) is 0 Å². The monoisotopic (exact) mass is 224 g/mol. The number of esters is 1. The van der Waals surface area contributed by atoms with Crippen LogP contribution in [0.1, 0.15) is 11.7 Å². The summed E-state index contributed by atoms with van der Waals surface area (Å²) in [7, 11) is 1.27. The largest absolute Gasteiger partial charge is 0.467 e. The standard InChI is InChI=1S/C12H13FO3/c1-3-8-16-11(12(14)15-2)9-4-6-10(13)7-5-9/h3-7,11H,1,8H2,2H3. The Morgan fingerprint density at radius 1 is 1.50 bits per heavy atom. The molecule has 0 aliphatic heterocycles. The van der Waals surface area contributed by atoms with Crippen LogP contribution in [0.2, 0.25) is 0 Å². The molecule has 0 saturated carbocycles. The zero-order valence-electron chi connectivity index (χ0n) is 8.98. The second kappa shape index (κ2) is 6.02. The summed E-state index contributed by atoms with van der Waals surface area (Å²) in [6.07, 6.45) is 0.683. The van der Waals surface area contributed by atoms with E-state index in [4.69, 9.17) is 4.74 Å². The fourth-order valence-corrected chi connectivity index (χ4v) is 1.21. The molecule has 0 radical (unpaired) electrons. The van der Waals surface area contributed by atoms with E-state index < -0.39 is 12.1 Å². The molecule has 0 fully saturated rings. The summed E-state index contributed by atoms with van der Waals surface area (Å²) in [4.78, 5) is 11.4. The number of hydrogen-bond acceptors (Lipinski definition) is 3. The molecule has 16 heavy (non-hydrogen) atoms. The molecule has 1 unspecified atom stereocenters. The van der Waals surface area contributed by atoms with Gasteiger partial charge in [-0.2, -0.15) is 0 Å². The van der Waals surface area contributed by atoms with Crippen LogP contribution in [0.4, 0.5) is 4.39 Å². The lowest BCUT2D eigenvalue weighted by Crippen LogP contribution is -2.17. The van der Waals surface area contributed by atoms with Crippen molar-refractivity contribution in [2.45, 2.75) is 6.10 Å². The van der Waals surface area contributed by atoms with Gasteiger partial charge in [0.05, 0.1) is 13.7 Å². The van der Waals surface area contributed by atoms with Crippen molar-refractivity contribution in [3.05, 3.63) is 48.3 Å². The molecule has 0 heterocycles. The van der Waals surface area contributed by atoms with Gasteiger partial charge in [-0.05, 0) is 17.7 Å². The summed E-state index contributed by atoms with van der Waals surface area (Å²) in [5.74, 6) is -0.885. The first-order valence-electron chi connectivity index (χ1n) is 4.75. The first kappa shape index (κ1) is 12.4. The third-order valence-corrected chi connectivity index (χ3v) is 1.97. The van der Waals surface area contributed by atoms with Crippen molar-refractivity contribution in [3.63, 3.8) is 0 Å². The van der Waals surface area contributed by atoms with E-state index in [1.165, 1.54) is 37.5 Å². The zero-order valence-corrected chi connectivity index (χ0v) is 8.98. The van der Waals surface area contributed by atoms with E-state index >= 15 is 0 Å². The topological polar surface area (TPSA) is 35.5 Å². The Balaban J connectivity index is 2.86. The number of carbonyl (C=O) groups is 1. The fourth-order valence-electron chi connectivity index (χ4n) is 1.21. The predicted octanol–water partition coefficient (Wildman–Crippen LogP) is 2.24. The molecule has 0 spiro atoms. The van der Waals surface area contributed by atoms with E-state index in [2.05, 4.69) is 11.3 Å². The summed E-state index contributed by atoms with van der Waals surface area (Å²) in [6, 6.07) is 5.51. The summed E-state index contributed by atoms with van der Waals surface area (Å²) in [6.45, 7) is 3.71. The molecule has 3 nitrogen and oxygen atoms in total. The second-order valence-corrected chi connectivity index (χ2v) is 3.08. The van der Waals surface area contributed by atoms with Gasteiger partial charge in [0.2, 0.25) is 0 Å². The van der Waals surface area contributed by atoms with E-state index in [0.717, 1.165) is 0 Å². The molecular weight excluding hydrogens is 211 g/mol. The minimum absolute atomic E-state index is 0.219. The summed E-state index contributed by atoms with van der Waals surface area (Å²) in [5.41, 5.74) is 0.551. The molecule has 0 bridgehead atoms. The molecule has 0 aliphatic rings. The maximum atomic E-state index is 12.7. The van der Waals surface area contributed by atoms with Crippen LogP contribution in [0.5, 0.6) is 0 Å². The van der Waals surface area contributed by atoms with Gasteiger partial charge in [0.25, 0.3) is 0 Å². The van der Waals surface area contributed by atoms with Gasteiger partial charge in [-0.1, -0.05) is 18.2 Å². The highest BCUT2D eigenvalue weighted by atomic mass is 19.1. The zero-order chi connectivity index (χ0) is 12.0. The number of methoxy groups -OCH3 is 1. The quantitative estimate of drug-likeness (QED) is 0.568. The van der Waals surface area contributed by atoms with Crippen LogP contribution in [0.15, 0.2) is 36.9 Å². The SMILES string of the molecule is C=CCOC(C(=O)OC)c1ccc(F)cc1. The van der Waals surface area contributed by atoms with Gasteiger partial charge >= 0.3 is 5.97 Å². The first-order chi connectivity index (χ1) is 7.69. The molecule has 0 saturated heterocycles. The Morgan fingerprint density at radius 3 is 2.62 bits per heavy atom. The molecule has 86 valence electrons. The Labute approximate surface area is 93.5 Å². The van der Waals surface area contributed by atoms with Crippen LogP contribution < -0.4 is 0 Å². The lowest BCUT2D eigenvalue weighted by molar-refractivity contribution is -0.153. The van der Waals surface area contributed by atoms with Crippen LogP contribution in [0.3, 0.4) is 0 Å². The maximum absolute atomic E-state index is 12.7. The molecule has 1 aromatic carbocycles. The molecule has 0 aromatic heterocycles. The molecule has 1 rings (SSSR count). The number of rotatable bonds is 5. The van der Waals surface area contributed by atoms with Gasteiger partial charge < -0.3 is 9.47 Å². The van der Waals surface area contributed by atoms with Crippen molar-refractivity contribution < 1.29 is 18.7 Å².